The van der Waals surface area contributed by atoms with Crippen LogP contribution in [-0.4, -0.2) is 10.9 Å². The van der Waals surface area contributed by atoms with Gasteiger partial charge in [-0.1, -0.05) is 20.8 Å². The van der Waals surface area contributed by atoms with Gasteiger partial charge in [-0.2, -0.15) is 0 Å². The third kappa shape index (κ3) is 2.41. The highest BCUT2D eigenvalue weighted by Crippen LogP contribution is 2.28. The molecule has 0 aliphatic heterocycles. The second-order valence-electron chi connectivity index (χ2n) is 5.24. The van der Waals surface area contributed by atoms with Gasteiger partial charge in [0.05, 0.1) is 5.69 Å². The quantitative estimate of drug-likeness (QED) is 0.519. The van der Waals surface area contributed by atoms with Crippen LogP contribution in [0.3, 0.4) is 0 Å². The molecule has 0 amide bonds. The molecule has 17 heavy (non-hydrogen) atoms. The molecule has 2 rings (SSSR count). The highest BCUT2D eigenvalue weighted by Gasteiger charge is 2.16. The Morgan fingerprint density at radius 1 is 1.18 bits per heavy atom. The van der Waals surface area contributed by atoms with Crippen LogP contribution < -0.4 is 11.5 Å². The van der Waals surface area contributed by atoms with Crippen LogP contribution in [0.5, 0.6) is 0 Å². The molecule has 0 aliphatic carbocycles. The zero-order valence-electron chi connectivity index (χ0n) is 10.4. The molecule has 0 bridgehead atoms. The number of hydrogen-bond acceptors (Lipinski definition) is 1. The summed E-state index contributed by atoms with van der Waals surface area (Å²) in [6.45, 7) is 6.53. The van der Waals surface area contributed by atoms with Crippen molar-refractivity contribution in [2.24, 2.45) is 16.5 Å². The lowest BCUT2D eigenvalue weighted by Gasteiger charge is -2.15. The van der Waals surface area contributed by atoms with Gasteiger partial charge in [0.2, 0.25) is 0 Å². The van der Waals surface area contributed by atoms with E-state index >= 15 is 0 Å². The number of nitrogens with zero attached hydrogens (tertiary/aromatic N) is 1. The first kappa shape index (κ1) is 11.5. The average molecular weight is 230 g/mol. The summed E-state index contributed by atoms with van der Waals surface area (Å²) >= 11 is 0. The Balaban J connectivity index is 2.52. The molecule has 0 spiro atoms. The van der Waals surface area contributed by atoms with Gasteiger partial charge in [-0.15, -0.1) is 0 Å². The van der Waals surface area contributed by atoms with Gasteiger partial charge in [-0.05, 0) is 24.3 Å². The van der Waals surface area contributed by atoms with Crippen LogP contribution in [0.1, 0.15) is 26.5 Å². The number of H-pyrrole nitrogens is 1. The molecule has 0 atom stereocenters. The molecule has 4 nitrogen and oxygen atoms in total. The number of fused-ring (bicyclic) bond motifs is 1. The first-order valence-electron chi connectivity index (χ1n) is 5.59. The maximum atomic E-state index is 5.36. The van der Waals surface area contributed by atoms with Crippen LogP contribution in [0.2, 0.25) is 0 Å². The van der Waals surface area contributed by atoms with Crippen LogP contribution in [0, 0.1) is 0 Å². The number of aliphatic imine (C=N–C) groups is 1. The van der Waals surface area contributed by atoms with Crippen molar-refractivity contribution < 1.29 is 0 Å². The number of nitrogens with two attached hydrogens (primary N) is 2. The average Bonchev–Trinajstić information content (AvgIpc) is 2.58. The zero-order valence-corrected chi connectivity index (χ0v) is 10.4. The van der Waals surface area contributed by atoms with Crippen LogP contribution in [0.4, 0.5) is 5.69 Å². The van der Waals surface area contributed by atoms with Gasteiger partial charge in [0.15, 0.2) is 5.96 Å². The largest absolute Gasteiger partial charge is 0.370 e. The predicted octanol–water partition coefficient (Wildman–Crippen LogP) is 2.37. The summed E-state index contributed by atoms with van der Waals surface area (Å²) in [5, 5.41) is 1.12. The lowest BCUT2D eigenvalue weighted by molar-refractivity contribution is 0.574. The molecule has 4 heteroatoms. The minimum atomic E-state index is 0.0796. The molecule has 1 aromatic heterocycles. The highest BCUT2D eigenvalue weighted by atomic mass is 15.0. The second-order valence-corrected chi connectivity index (χ2v) is 5.24. The maximum absolute atomic E-state index is 5.36. The van der Waals surface area contributed by atoms with Crippen molar-refractivity contribution in [3.63, 3.8) is 0 Å². The van der Waals surface area contributed by atoms with E-state index in [0.29, 0.717) is 0 Å². The Morgan fingerprint density at radius 3 is 2.47 bits per heavy atom. The van der Waals surface area contributed by atoms with Crippen molar-refractivity contribution in [2.75, 3.05) is 0 Å². The number of aromatic amines is 1. The van der Waals surface area contributed by atoms with E-state index in [1.54, 1.807) is 0 Å². The number of guanidine groups is 1. The molecular formula is C13H18N4. The third-order valence-corrected chi connectivity index (χ3v) is 2.67. The summed E-state index contributed by atoms with van der Waals surface area (Å²) < 4.78 is 0. The van der Waals surface area contributed by atoms with E-state index in [-0.39, 0.29) is 11.4 Å². The molecule has 1 heterocycles. The number of aromatic nitrogens is 1. The summed E-state index contributed by atoms with van der Waals surface area (Å²) in [4.78, 5) is 7.44. The monoisotopic (exact) mass is 230 g/mol. The smallest absolute Gasteiger partial charge is 0.191 e. The number of benzene rings is 1. The van der Waals surface area contributed by atoms with Gasteiger partial charge in [0.1, 0.15) is 0 Å². The molecule has 1 aromatic carbocycles. The summed E-state index contributed by atoms with van der Waals surface area (Å²) in [5.41, 5.74) is 13.9. The van der Waals surface area contributed by atoms with Crippen LogP contribution in [-0.2, 0) is 5.41 Å². The molecular weight excluding hydrogens is 212 g/mol. The van der Waals surface area contributed by atoms with Gasteiger partial charge in [0.25, 0.3) is 0 Å². The minimum absolute atomic E-state index is 0.0796. The molecule has 0 saturated carbocycles. The maximum Gasteiger partial charge on any atom is 0.191 e. The molecule has 0 aliphatic rings. The third-order valence-electron chi connectivity index (χ3n) is 2.67. The Morgan fingerprint density at radius 2 is 1.88 bits per heavy atom. The van der Waals surface area contributed by atoms with Crippen molar-refractivity contribution in [2.45, 2.75) is 26.2 Å². The van der Waals surface area contributed by atoms with Gasteiger partial charge >= 0.3 is 0 Å². The molecule has 0 unspecified atom stereocenters. The predicted molar refractivity (Wildman–Crippen MR) is 72.5 cm³/mol. The minimum Gasteiger partial charge on any atom is -0.370 e. The van der Waals surface area contributed by atoms with E-state index in [2.05, 4.69) is 36.8 Å². The fraction of sp³-hybridized carbons (Fsp3) is 0.308. The van der Waals surface area contributed by atoms with Gasteiger partial charge in [0, 0.05) is 22.0 Å². The van der Waals surface area contributed by atoms with E-state index < -0.39 is 0 Å². The van der Waals surface area contributed by atoms with E-state index in [0.717, 1.165) is 16.6 Å². The lowest BCUT2D eigenvalue weighted by Crippen LogP contribution is -2.21. The molecule has 0 fully saturated rings. The first-order valence-corrected chi connectivity index (χ1v) is 5.59. The summed E-state index contributed by atoms with van der Waals surface area (Å²) in [6.07, 6.45) is 0. The number of hydrogen-bond donors (Lipinski definition) is 3. The Kier molecular flexibility index (Phi) is 2.58. The SMILES string of the molecule is CC(C)(C)c1cc2cc(N=C(N)N)ccc2[nH]1. The van der Waals surface area contributed by atoms with E-state index in [1.807, 2.05) is 18.2 Å². The lowest BCUT2D eigenvalue weighted by atomic mass is 9.92. The topological polar surface area (TPSA) is 80.2 Å². The first-order chi connectivity index (χ1) is 7.86. The van der Waals surface area contributed by atoms with E-state index in [1.165, 1.54) is 5.69 Å². The normalized spacial score (nSPS) is 11.7. The van der Waals surface area contributed by atoms with Crippen LogP contribution >= 0.6 is 0 Å². The molecule has 2 aromatic rings. The van der Waals surface area contributed by atoms with E-state index in [9.17, 15) is 0 Å². The van der Waals surface area contributed by atoms with Crippen LogP contribution in [0.25, 0.3) is 10.9 Å². The Hall–Kier alpha value is -1.97. The van der Waals surface area contributed by atoms with Crippen molar-refractivity contribution >= 4 is 22.5 Å². The molecule has 5 N–H and O–H groups in total. The van der Waals surface area contributed by atoms with Crippen molar-refractivity contribution in [1.82, 2.24) is 4.98 Å². The van der Waals surface area contributed by atoms with Gasteiger partial charge in [-0.25, -0.2) is 4.99 Å². The second kappa shape index (κ2) is 3.80. The summed E-state index contributed by atoms with van der Waals surface area (Å²) in [5.74, 6) is 0.0796. The summed E-state index contributed by atoms with van der Waals surface area (Å²) in [6, 6.07) is 8.00. The van der Waals surface area contributed by atoms with Crippen molar-refractivity contribution in [3.05, 3.63) is 30.0 Å². The van der Waals surface area contributed by atoms with Gasteiger partial charge in [-0.3, -0.25) is 0 Å². The van der Waals surface area contributed by atoms with E-state index in [4.69, 9.17) is 11.5 Å². The Labute approximate surface area is 101 Å². The standard InChI is InChI=1S/C13H18N4/c1-13(2,3)11-7-8-6-9(16-12(14)15)4-5-10(8)17-11/h4-7,17H,1-3H3,(H4,14,15,16). The zero-order chi connectivity index (χ0) is 12.6. The number of nitrogens with one attached hydrogen (secondary N) is 1. The molecule has 90 valence electrons. The highest BCUT2D eigenvalue weighted by molar-refractivity contribution is 5.86. The number of rotatable bonds is 1. The fourth-order valence-corrected chi connectivity index (χ4v) is 1.74. The van der Waals surface area contributed by atoms with Gasteiger partial charge < -0.3 is 16.5 Å². The Bertz CT molecular complexity index is 569. The molecule has 0 saturated heterocycles. The fourth-order valence-electron chi connectivity index (χ4n) is 1.74. The van der Waals surface area contributed by atoms with Crippen LogP contribution in [0.15, 0.2) is 29.3 Å². The molecule has 0 radical (unpaired) electrons. The summed E-state index contributed by atoms with van der Waals surface area (Å²) in [7, 11) is 0. The van der Waals surface area contributed by atoms with Crippen molar-refractivity contribution in [3.8, 4) is 0 Å². The van der Waals surface area contributed by atoms with Crippen molar-refractivity contribution in [1.29, 1.82) is 0 Å².